The molecule has 26 heavy (non-hydrogen) atoms. The number of amides is 4. The normalized spacial score (nSPS) is 19.6. The molecule has 0 spiro atoms. The van der Waals surface area contributed by atoms with Crippen LogP contribution in [0.3, 0.4) is 0 Å². The molecule has 142 valence electrons. The number of hydrogen-bond acceptors (Lipinski definition) is 3. The average molecular weight is 363 g/mol. The fourth-order valence-corrected chi connectivity index (χ4v) is 2.98. The number of unbranched alkanes of at least 4 members (excludes halogenated alkanes) is 3. The van der Waals surface area contributed by atoms with Gasteiger partial charge >= 0.3 is 6.03 Å². The first-order chi connectivity index (χ1) is 12.3. The van der Waals surface area contributed by atoms with Crippen LogP contribution in [0.5, 0.6) is 0 Å². The molecular weight excluding hydrogens is 337 g/mol. The van der Waals surface area contributed by atoms with Gasteiger partial charge in [0.05, 0.1) is 0 Å². The van der Waals surface area contributed by atoms with Gasteiger partial charge in [0, 0.05) is 5.69 Å². The molecule has 0 unspecified atom stereocenters. The lowest BCUT2D eigenvalue weighted by atomic mass is 9.94. The molecule has 0 radical (unpaired) electrons. The first-order valence-corrected chi connectivity index (χ1v) is 8.97. The number of aryl methyl sites for hydroxylation is 1. The van der Waals surface area contributed by atoms with E-state index >= 15 is 0 Å². The standard InChI is InChI=1S/C19H26FN3O3/c1-4-5-6-7-10-19(3)17(25)23(18(26)22-19)12-16(24)21-14-9-8-13(2)15(20)11-14/h8-9,11H,4-7,10,12H2,1-3H3,(H,21,24)(H,22,26)/t19-/m0/s1. The topological polar surface area (TPSA) is 78.5 Å². The number of nitrogens with zero attached hydrogens (tertiary/aromatic N) is 1. The van der Waals surface area contributed by atoms with Crippen LogP contribution in [0, 0.1) is 12.7 Å². The van der Waals surface area contributed by atoms with Crippen LogP contribution < -0.4 is 10.6 Å². The van der Waals surface area contributed by atoms with Crippen LogP contribution in [-0.4, -0.2) is 34.8 Å². The van der Waals surface area contributed by atoms with Crippen LogP contribution in [-0.2, 0) is 9.59 Å². The average Bonchev–Trinajstić information content (AvgIpc) is 2.79. The zero-order valence-electron chi connectivity index (χ0n) is 15.5. The summed E-state index contributed by atoms with van der Waals surface area (Å²) >= 11 is 0. The molecule has 0 aliphatic carbocycles. The first kappa shape index (κ1) is 19.9. The molecule has 0 bridgehead atoms. The van der Waals surface area contributed by atoms with E-state index in [1.807, 2.05) is 0 Å². The van der Waals surface area contributed by atoms with Crippen molar-refractivity contribution in [3.05, 3.63) is 29.6 Å². The number of carbonyl (C=O) groups is 3. The van der Waals surface area contributed by atoms with Gasteiger partial charge < -0.3 is 10.6 Å². The van der Waals surface area contributed by atoms with E-state index in [-0.39, 0.29) is 5.69 Å². The molecule has 6 nitrogen and oxygen atoms in total. The van der Waals surface area contributed by atoms with Crippen LogP contribution in [0.15, 0.2) is 18.2 Å². The van der Waals surface area contributed by atoms with Crippen molar-refractivity contribution >= 4 is 23.5 Å². The second kappa shape index (κ2) is 8.29. The molecule has 1 heterocycles. The lowest BCUT2D eigenvalue weighted by molar-refractivity contribution is -0.133. The van der Waals surface area contributed by atoms with Crippen molar-refractivity contribution in [3.63, 3.8) is 0 Å². The van der Waals surface area contributed by atoms with Gasteiger partial charge in [-0.3, -0.25) is 14.5 Å². The number of urea groups is 1. The molecule has 1 aliphatic heterocycles. The van der Waals surface area contributed by atoms with E-state index in [1.165, 1.54) is 6.07 Å². The Hall–Kier alpha value is -2.44. The third-order valence-corrected chi connectivity index (χ3v) is 4.63. The highest BCUT2D eigenvalue weighted by molar-refractivity contribution is 6.09. The molecule has 1 aromatic rings. The fraction of sp³-hybridized carbons (Fsp3) is 0.526. The highest BCUT2D eigenvalue weighted by Gasteiger charge is 2.47. The Balaban J connectivity index is 1.95. The molecule has 0 aromatic heterocycles. The van der Waals surface area contributed by atoms with E-state index in [2.05, 4.69) is 17.6 Å². The summed E-state index contributed by atoms with van der Waals surface area (Å²) in [5.41, 5.74) is -0.218. The number of nitrogens with one attached hydrogen (secondary N) is 2. The summed E-state index contributed by atoms with van der Waals surface area (Å²) in [5.74, 6) is -1.38. The molecule has 1 fully saturated rings. The number of carbonyl (C=O) groups excluding carboxylic acids is 3. The van der Waals surface area contributed by atoms with Crippen molar-refractivity contribution in [1.82, 2.24) is 10.2 Å². The second-order valence-electron chi connectivity index (χ2n) is 6.98. The van der Waals surface area contributed by atoms with Crippen molar-refractivity contribution in [3.8, 4) is 0 Å². The van der Waals surface area contributed by atoms with Gasteiger partial charge in [0.1, 0.15) is 17.9 Å². The molecule has 2 N–H and O–H groups in total. The predicted octanol–water partition coefficient (Wildman–Crippen LogP) is 3.35. The van der Waals surface area contributed by atoms with Crippen LogP contribution in [0.2, 0.25) is 0 Å². The minimum Gasteiger partial charge on any atom is -0.324 e. The molecule has 1 atom stereocenters. The molecule has 7 heteroatoms. The van der Waals surface area contributed by atoms with Crippen LogP contribution in [0.4, 0.5) is 14.9 Å². The Morgan fingerprint density at radius 2 is 2.00 bits per heavy atom. The highest BCUT2D eigenvalue weighted by atomic mass is 19.1. The number of rotatable bonds is 8. The number of halogens is 1. The summed E-state index contributed by atoms with van der Waals surface area (Å²) in [4.78, 5) is 37.8. The van der Waals surface area contributed by atoms with Crippen molar-refractivity contribution in [2.75, 3.05) is 11.9 Å². The minimum atomic E-state index is -0.971. The Morgan fingerprint density at radius 3 is 2.65 bits per heavy atom. The predicted molar refractivity (Wildman–Crippen MR) is 97.2 cm³/mol. The van der Waals surface area contributed by atoms with E-state index < -0.39 is 35.7 Å². The van der Waals surface area contributed by atoms with Gasteiger partial charge in [0.15, 0.2) is 0 Å². The summed E-state index contributed by atoms with van der Waals surface area (Å²) in [6, 6.07) is 3.75. The Kier molecular flexibility index (Phi) is 6.34. The lowest BCUT2D eigenvalue weighted by Crippen LogP contribution is -2.44. The van der Waals surface area contributed by atoms with Crippen LogP contribution in [0.1, 0.15) is 51.5 Å². The summed E-state index contributed by atoms with van der Waals surface area (Å²) < 4.78 is 13.6. The zero-order valence-corrected chi connectivity index (χ0v) is 15.5. The van der Waals surface area contributed by atoms with Gasteiger partial charge in [-0.1, -0.05) is 38.7 Å². The van der Waals surface area contributed by atoms with E-state index in [9.17, 15) is 18.8 Å². The van der Waals surface area contributed by atoms with Gasteiger partial charge in [-0.05, 0) is 38.0 Å². The van der Waals surface area contributed by atoms with E-state index in [1.54, 1.807) is 26.0 Å². The number of imide groups is 1. The fourth-order valence-electron chi connectivity index (χ4n) is 2.98. The maximum absolute atomic E-state index is 13.6. The number of benzene rings is 1. The van der Waals surface area contributed by atoms with Crippen molar-refractivity contribution in [2.24, 2.45) is 0 Å². The third kappa shape index (κ3) is 4.59. The Labute approximate surface area is 153 Å². The maximum Gasteiger partial charge on any atom is 0.325 e. The van der Waals surface area contributed by atoms with Gasteiger partial charge in [-0.2, -0.15) is 0 Å². The number of anilines is 1. The van der Waals surface area contributed by atoms with Gasteiger partial charge in [0.25, 0.3) is 5.91 Å². The summed E-state index contributed by atoms with van der Waals surface area (Å²) in [7, 11) is 0. The smallest absolute Gasteiger partial charge is 0.324 e. The van der Waals surface area contributed by atoms with Gasteiger partial charge in [-0.25, -0.2) is 9.18 Å². The Bertz CT molecular complexity index is 707. The van der Waals surface area contributed by atoms with E-state index in [0.717, 1.165) is 30.6 Å². The molecule has 0 saturated carbocycles. The largest absolute Gasteiger partial charge is 0.325 e. The number of hydrogen-bond donors (Lipinski definition) is 2. The Morgan fingerprint density at radius 1 is 1.27 bits per heavy atom. The van der Waals surface area contributed by atoms with Crippen LogP contribution in [0.25, 0.3) is 0 Å². The van der Waals surface area contributed by atoms with Crippen molar-refractivity contribution in [2.45, 2.75) is 58.4 Å². The van der Waals surface area contributed by atoms with E-state index in [0.29, 0.717) is 12.0 Å². The maximum atomic E-state index is 13.6. The van der Waals surface area contributed by atoms with E-state index in [4.69, 9.17) is 0 Å². The second-order valence-corrected chi connectivity index (χ2v) is 6.98. The first-order valence-electron chi connectivity index (χ1n) is 8.97. The zero-order chi connectivity index (χ0) is 19.3. The van der Waals surface area contributed by atoms with Gasteiger partial charge in [0.2, 0.25) is 5.91 Å². The van der Waals surface area contributed by atoms with Gasteiger partial charge in [-0.15, -0.1) is 0 Å². The lowest BCUT2D eigenvalue weighted by Gasteiger charge is -2.21. The SMILES string of the molecule is CCCCCC[C@]1(C)NC(=O)N(CC(=O)Nc2ccc(C)c(F)c2)C1=O. The summed E-state index contributed by atoms with van der Waals surface area (Å²) in [6.07, 6.45) is 4.53. The molecule has 4 amide bonds. The third-order valence-electron chi connectivity index (χ3n) is 4.63. The minimum absolute atomic E-state index is 0.285. The highest BCUT2D eigenvalue weighted by Crippen LogP contribution is 2.24. The summed E-state index contributed by atoms with van der Waals surface area (Å²) in [5, 5.41) is 5.20. The molecule has 1 aliphatic rings. The summed E-state index contributed by atoms with van der Waals surface area (Å²) in [6.45, 7) is 5.01. The van der Waals surface area contributed by atoms with Crippen LogP contribution >= 0.6 is 0 Å². The molecule has 1 aromatic carbocycles. The molecule has 1 saturated heterocycles. The monoisotopic (exact) mass is 363 g/mol. The molecule has 2 rings (SSSR count). The molecular formula is C19H26FN3O3. The quantitative estimate of drug-likeness (QED) is 0.549. The van der Waals surface area contributed by atoms with Crippen molar-refractivity contribution < 1.29 is 18.8 Å². The van der Waals surface area contributed by atoms with Crippen molar-refractivity contribution in [1.29, 1.82) is 0 Å².